The van der Waals surface area contributed by atoms with Crippen molar-refractivity contribution in [1.82, 2.24) is 0 Å². The van der Waals surface area contributed by atoms with E-state index in [0.717, 1.165) is 0 Å². The minimum atomic E-state index is -1.34. The first kappa shape index (κ1) is 18.8. The predicted molar refractivity (Wildman–Crippen MR) is 81.6 cm³/mol. The topological polar surface area (TPSA) is 91.3 Å². The van der Waals surface area contributed by atoms with Crippen molar-refractivity contribution in [3.8, 4) is 5.75 Å². The smallest absolute Gasteiger partial charge is 0.375 e. The molecule has 1 aromatic rings. The molecule has 23 heavy (non-hydrogen) atoms. The van der Waals surface area contributed by atoms with Crippen LogP contribution in [0.15, 0.2) is 29.7 Å². The van der Waals surface area contributed by atoms with Gasteiger partial charge in [0.15, 0.2) is 0 Å². The molecule has 0 amide bonds. The summed E-state index contributed by atoms with van der Waals surface area (Å²) >= 11 is 5.87. The van der Waals surface area contributed by atoms with E-state index in [9.17, 15) is 14.7 Å². The number of esters is 1. The van der Waals surface area contributed by atoms with Crippen LogP contribution in [-0.2, 0) is 19.0 Å². The van der Waals surface area contributed by atoms with Gasteiger partial charge >= 0.3 is 11.9 Å². The Balaban J connectivity index is 3.12. The summed E-state index contributed by atoms with van der Waals surface area (Å²) in [5.41, 5.74) is -0.00347. The van der Waals surface area contributed by atoms with Crippen LogP contribution in [0, 0.1) is 0 Å². The molecule has 0 bridgehead atoms. The predicted octanol–water partition coefficient (Wildman–Crippen LogP) is 2.48. The minimum absolute atomic E-state index is 0.00347. The molecule has 126 valence electrons. The first-order chi connectivity index (χ1) is 10.9. The third-order valence-corrected chi connectivity index (χ3v) is 2.95. The fourth-order valence-electron chi connectivity index (χ4n) is 1.51. The van der Waals surface area contributed by atoms with Gasteiger partial charge in [0.2, 0.25) is 5.76 Å². The van der Waals surface area contributed by atoms with E-state index < -0.39 is 17.7 Å². The summed E-state index contributed by atoms with van der Waals surface area (Å²) in [6, 6.07) is 4.17. The molecule has 1 N–H and O–H groups in total. The zero-order valence-corrected chi connectivity index (χ0v) is 13.7. The van der Waals surface area contributed by atoms with Crippen molar-refractivity contribution in [2.75, 3.05) is 27.4 Å². The Morgan fingerprint density at radius 2 is 1.91 bits per heavy atom. The first-order valence-corrected chi connectivity index (χ1v) is 6.90. The van der Waals surface area contributed by atoms with Crippen molar-refractivity contribution in [2.24, 2.45) is 0 Å². The summed E-state index contributed by atoms with van der Waals surface area (Å²) in [5, 5.41) is 9.45. The van der Waals surface area contributed by atoms with E-state index in [1.54, 1.807) is 0 Å². The maximum Gasteiger partial charge on any atom is 0.375 e. The molecule has 0 saturated carbocycles. The Morgan fingerprint density at radius 3 is 2.48 bits per heavy atom. The monoisotopic (exact) mass is 344 g/mol. The second-order valence-electron chi connectivity index (χ2n) is 4.27. The van der Waals surface area contributed by atoms with E-state index in [1.165, 1.54) is 39.3 Å². The largest absolute Gasteiger partial charge is 0.497 e. The van der Waals surface area contributed by atoms with Gasteiger partial charge in [0.1, 0.15) is 23.7 Å². The molecule has 0 radical (unpaired) electrons. The molecule has 0 spiro atoms. The molecule has 7 nitrogen and oxygen atoms in total. The van der Waals surface area contributed by atoms with E-state index in [4.69, 9.17) is 30.5 Å². The van der Waals surface area contributed by atoms with Gasteiger partial charge in [-0.2, -0.15) is 0 Å². The number of hydrogen-bond donors (Lipinski definition) is 1. The summed E-state index contributed by atoms with van der Waals surface area (Å²) in [5.74, 6) is -2.45. The van der Waals surface area contributed by atoms with Crippen LogP contribution in [-0.4, -0.2) is 44.5 Å². The highest BCUT2D eigenvalue weighted by Crippen LogP contribution is 2.26. The van der Waals surface area contributed by atoms with Crippen molar-refractivity contribution < 1.29 is 33.6 Å². The van der Waals surface area contributed by atoms with Gasteiger partial charge in [-0.1, -0.05) is 11.6 Å². The lowest BCUT2D eigenvalue weighted by atomic mass is 10.2. The highest BCUT2D eigenvalue weighted by Gasteiger charge is 2.21. The minimum Gasteiger partial charge on any atom is -0.497 e. The third-order valence-electron chi connectivity index (χ3n) is 2.71. The summed E-state index contributed by atoms with van der Waals surface area (Å²) in [4.78, 5) is 23.3. The van der Waals surface area contributed by atoms with Gasteiger partial charge in [0.05, 0.1) is 13.7 Å². The molecular weight excluding hydrogens is 328 g/mol. The number of hydrogen-bond acceptors (Lipinski definition) is 6. The van der Waals surface area contributed by atoms with Crippen molar-refractivity contribution in [3.63, 3.8) is 0 Å². The molecule has 0 heterocycles. The summed E-state index contributed by atoms with van der Waals surface area (Å²) in [6.07, 6.45) is 0. The number of allylic oxidation sites excluding steroid dienone is 1. The van der Waals surface area contributed by atoms with Crippen molar-refractivity contribution in [3.05, 3.63) is 40.3 Å². The van der Waals surface area contributed by atoms with E-state index in [2.05, 4.69) is 0 Å². The molecule has 0 saturated heterocycles. The molecule has 8 heteroatoms. The van der Waals surface area contributed by atoms with Crippen LogP contribution in [0.3, 0.4) is 0 Å². The summed E-state index contributed by atoms with van der Waals surface area (Å²) in [7, 11) is 2.78. The number of carboxylic acid groups (broad SMARTS) is 1. The van der Waals surface area contributed by atoms with Gasteiger partial charge in [-0.15, -0.1) is 0 Å². The third kappa shape index (κ3) is 5.46. The Morgan fingerprint density at radius 1 is 1.22 bits per heavy atom. The van der Waals surface area contributed by atoms with Crippen LogP contribution >= 0.6 is 11.6 Å². The number of halogens is 1. The molecule has 0 fully saturated rings. The zero-order chi connectivity index (χ0) is 17.4. The van der Waals surface area contributed by atoms with Crippen LogP contribution < -0.4 is 4.74 Å². The second-order valence-corrected chi connectivity index (χ2v) is 4.70. The molecule has 0 aliphatic heterocycles. The Kier molecular flexibility index (Phi) is 7.37. The van der Waals surface area contributed by atoms with E-state index in [1.807, 2.05) is 0 Å². The lowest BCUT2D eigenvalue weighted by molar-refractivity contribution is -0.135. The maximum atomic E-state index is 12.1. The van der Waals surface area contributed by atoms with Crippen molar-refractivity contribution >= 4 is 23.5 Å². The highest BCUT2D eigenvalue weighted by molar-refractivity contribution is 6.31. The van der Waals surface area contributed by atoms with Crippen LogP contribution in [0.2, 0.25) is 5.02 Å². The molecule has 0 aliphatic carbocycles. The Hall–Kier alpha value is -2.25. The van der Waals surface area contributed by atoms with Crippen LogP contribution in [0.5, 0.6) is 5.75 Å². The van der Waals surface area contributed by atoms with Gasteiger partial charge in [0.25, 0.3) is 0 Å². The molecule has 0 aromatic heterocycles. The van der Waals surface area contributed by atoms with Gasteiger partial charge in [-0.3, -0.25) is 0 Å². The van der Waals surface area contributed by atoms with Gasteiger partial charge in [0, 0.05) is 12.1 Å². The molecule has 0 aliphatic rings. The number of ether oxygens (including phenoxy) is 4. The SMILES string of the molecule is COCCOC(=O)c1cc(Cl)ccc1OC(C(=O)O)=C(C)OC. The fraction of sp³-hybridized carbons (Fsp3) is 0.333. The molecule has 0 unspecified atom stereocenters. The Bertz CT molecular complexity index is 610. The fourth-order valence-corrected chi connectivity index (χ4v) is 1.69. The number of aliphatic carboxylic acids is 1. The lowest BCUT2D eigenvalue weighted by Gasteiger charge is -2.13. The normalized spacial score (nSPS) is 11.5. The van der Waals surface area contributed by atoms with Crippen LogP contribution in [0.1, 0.15) is 17.3 Å². The van der Waals surface area contributed by atoms with Crippen molar-refractivity contribution in [1.29, 1.82) is 0 Å². The van der Waals surface area contributed by atoms with Crippen molar-refractivity contribution in [2.45, 2.75) is 6.92 Å². The molecular formula is C15H17ClO7. The number of benzene rings is 1. The average Bonchev–Trinajstić information content (AvgIpc) is 2.52. The average molecular weight is 345 g/mol. The highest BCUT2D eigenvalue weighted by atomic mass is 35.5. The van der Waals surface area contributed by atoms with Gasteiger partial charge in [-0.25, -0.2) is 9.59 Å². The number of carbonyl (C=O) groups excluding carboxylic acids is 1. The number of methoxy groups -OCH3 is 2. The van der Waals surface area contributed by atoms with Gasteiger partial charge < -0.3 is 24.1 Å². The number of carboxylic acids is 1. The molecule has 0 atom stereocenters. The number of carbonyl (C=O) groups is 2. The molecule has 1 rings (SSSR count). The summed E-state index contributed by atoms with van der Waals surface area (Å²) in [6.45, 7) is 1.70. The second kappa shape index (κ2) is 9.02. The zero-order valence-electron chi connectivity index (χ0n) is 12.9. The van der Waals surface area contributed by atoms with Crippen LogP contribution in [0.4, 0.5) is 0 Å². The number of rotatable bonds is 8. The Labute approximate surface area is 138 Å². The van der Waals surface area contributed by atoms with E-state index >= 15 is 0 Å². The lowest BCUT2D eigenvalue weighted by Crippen LogP contribution is -2.15. The summed E-state index contributed by atoms with van der Waals surface area (Å²) < 4.78 is 20.0. The van der Waals surface area contributed by atoms with Crippen LogP contribution in [0.25, 0.3) is 0 Å². The molecule has 1 aromatic carbocycles. The maximum absolute atomic E-state index is 12.1. The van der Waals surface area contributed by atoms with E-state index in [-0.39, 0.29) is 35.3 Å². The first-order valence-electron chi connectivity index (χ1n) is 6.52. The standard InChI is InChI=1S/C15H17ClO7/c1-9(21-3)13(14(17)18)23-12-5-4-10(16)8-11(12)15(19)22-7-6-20-2/h4-5,8H,6-7H2,1-3H3,(H,17,18). The van der Waals surface area contributed by atoms with E-state index in [0.29, 0.717) is 0 Å². The quantitative estimate of drug-likeness (QED) is 0.335. The van der Waals surface area contributed by atoms with Gasteiger partial charge in [-0.05, 0) is 25.1 Å².